The van der Waals surface area contributed by atoms with Gasteiger partial charge in [0, 0.05) is 25.6 Å². The third kappa shape index (κ3) is 6.69. The van der Waals surface area contributed by atoms with Crippen molar-refractivity contribution in [3.63, 3.8) is 0 Å². The zero-order valence-corrected chi connectivity index (χ0v) is 16.1. The summed E-state index contributed by atoms with van der Waals surface area (Å²) >= 11 is 0. The minimum Gasteiger partial charge on any atom is -0.459 e. The van der Waals surface area contributed by atoms with E-state index in [2.05, 4.69) is 35.5 Å². The van der Waals surface area contributed by atoms with Crippen LogP contribution < -0.4 is 10.6 Å². The number of rotatable bonds is 11. The minimum absolute atomic E-state index is 0.0153. The van der Waals surface area contributed by atoms with E-state index in [9.17, 15) is 0 Å². The second-order valence-corrected chi connectivity index (χ2v) is 6.13. The van der Waals surface area contributed by atoms with Crippen LogP contribution in [0.4, 0.5) is 0 Å². The first-order valence-electron chi connectivity index (χ1n) is 9.35. The Balaban J connectivity index is 1.65. The van der Waals surface area contributed by atoms with Crippen molar-refractivity contribution in [2.45, 2.75) is 32.7 Å². The summed E-state index contributed by atoms with van der Waals surface area (Å²) in [7, 11) is 1.75. The average Bonchev–Trinajstić information content (AvgIpc) is 3.10. The Morgan fingerprint density at radius 2 is 1.92 bits per heavy atom. The van der Waals surface area contributed by atoms with E-state index in [0.717, 1.165) is 42.1 Å². The highest BCUT2D eigenvalue weighted by atomic mass is 16.5. The van der Waals surface area contributed by atoms with E-state index in [1.807, 2.05) is 24.3 Å². The standard InChI is InChI=1S/C20H31N3O3/c1-4-5-11-24-13-14-25-12-10-22-20(21-3)23-16(2)19-15-17-8-6-7-9-18(17)26-19/h6-9,15-16H,4-5,10-14H2,1-3H3,(H2,21,22,23). The summed E-state index contributed by atoms with van der Waals surface area (Å²) in [6, 6.07) is 10.1. The molecule has 6 heteroatoms. The fourth-order valence-electron chi connectivity index (χ4n) is 2.50. The molecule has 1 unspecified atom stereocenters. The number of benzene rings is 1. The van der Waals surface area contributed by atoms with E-state index >= 15 is 0 Å². The summed E-state index contributed by atoms with van der Waals surface area (Å²) in [6.45, 7) is 7.58. The highest BCUT2D eigenvalue weighted by Gasteiger charge is 2.12. The van der Waals surface area contributed by atoms with E-state index in [-0.39, 0.29) is 6.04 Å². The van der Waals surface area contributed by atoms with E-state index in [0.29, 0.717) is 26.4 Å². The van der Waals surface area contributed by atoms with Gasteiger partial charge in [-0.05, 0) is 25.5 Å². The highest BCUT2D eigenvalue weighted by Crippen LogP contribution is 2.23. The summed E-state index contributed by atoms with van der Waals surface area (Å²) in [5.74, 6) is 1.61. The van der Waals surface area contributed by atoms with Gasteiger partial charge in [0.25, 0.3) is 0 Å². The van der Waals surface area contributed by atoms with Gasteiger partial charge in [-0.3, -0.25) is 4.99 Å². The molecule has 26 heavy (non-hydrogen) atoms. The number of fused-ring (bicyclic) bond motifs is 1. The summed E-state index contributed by atoms with van der Waals surface area (Å²) < 4.78 is 16.9. The average molecular weight is 361 g/mol. The zero-order chi connectivity index (χ0) is 18.6. The Hall–Kier alpha value is -2.05. The van der Waals surface area contributed by atoms with Gasteiger partial charge >= 0.3 is 0 Å². The van der Waals surface area contributed by atoms with Crippen LogP contribution in [0, 0.1) is 0 Å². The molecule has 0 spiro atoms. The summed E-state index contributed by atoms with van der Waals surface area (Å²) in [6.07, 6.45) is 2.26. The molecule has 1 aromatic heterocycles. The molecule has 1 heterocycles. The molecule has 0 bridgehead atoms. The van der Waals surface area contributed by atoms with Crippen molar-refractivity contribution >= 4 is 16.9 Å². The van der Waals surface area contributed by atoms with Gasteiger partial charge in [-0.25, -0.2) is 0 Å². The molecular weight excluding hydrogens is 330 g/mol. The van der Waals surface area contributed by atoms with Crippen LogP contribution in [0.1, 0.15) is 38.5 Å². The van der Waals surface area contributed by atoms with Crippen molar-refractivity contribution < 1.29 is 13.9 Å². The van der Waals surface area contributed by atoms with Gasteiger partial charge in [-0.2, -0.15) is 0 Å². The van der Waals surface area contributed by atoms with Crippen molar-refractivity contribution in [1.82, 2.24) is 10.6 Å². The number of ether oxygens (including phenoxy) is 2. The Morgan fingerprint density at radius 1 is 1.15 bits per heavy atom. The van der Waals surface area contributed by atoms with Crippen molar-refractivity contribution in [2.75, 3.05) is 40.0 Å². The largest absolute Gasteiger partial charge is 0.459 e. The number of hydrogen-bond acceptors (Lipinski definition) is 4. The topological polar surface area (TPSA) is 68.0 Å². The monoisotopic (exact) mass is 361 g/mol. The lowest BCUT2D eigenvalue weighted by molar-refractivity contribution is 0.0487. The Morgan fingerprint density at radius 3 is 2.65 bits per heavy atom. The number of hydrogen-bond donors (Lipinski definition) is 2. The van der Waals surface area contributed by atoms with E-state index in [4.69, 9.17) is 13.9 Å². The molecule has 0 fully saturated rings. The first-order chi connectivity index (χ1) is 12.7. The fourth-order valence-corrected chi connectivity index (χ4v) is 2.50. The van der Waals surface area contributed by atoms with Crippen LogP contribution in [0.25, 0.3) is 11.0 Å². The van der Waals surface area contributed by atoms with E-state index in [1.54, 1.807) is 7.05 Å². The minimum atomic E-state index is 0.0153. The lowest BCUT2D eigenvalue weighted by Gasteiger charge is -2.16. The number of nitrogens with one attached hydrogen (secondary N) is 2. The van der Waals surface area contributed by atoms with Gasteiger partial charge < -0.3 is 24.5 Å². The number of para-hydroxylation sites is 1. The molecule has 0 amide bonds. The van der Waals surface area contributed by atoms with Gasteiger partial charge in [0.05, 0.1) is 25.9 Å². The lowest BCUT2D eigenvalue weighted by Crippen LogP contribution is -2.40. The fraction of sp³-hybridized carbons (Fsp3) is 0.550. The van der Waals surface area contributed by atoms with Gasteiger partial charge in [0.2, 0.25) is 0 Å². The SMILES string of the molecule is CCCCOCCOCCNC(=NC)NC(C)c1cc2ccccc2o1. The number of furan rings is 1. The predicted octanol–water partition coefficient (Wildman–Crippen LogP) is 3.49. The molecule has 144 valence electrons. The van der Waals surface area contributed by atoms with Gasteiger partial charge in [0.1, 0.15) is 11.3 Å². The molecule has 0 radical (unpaired) electrons. The van der Waals surface area contributed by atoms with Crippen molar-refractivity contribution in [3.8, 4) is 0 Å². The molecule has 1 atom stereocenters. The van der Waals surface area contributed by atoms with Crippen LogP contribution in [0.2, 0.25) is 0 Å². The quantitative estimate of drug-likeness (QED) is 0.364. The number of unbranched alkanes of at least 4 members (excludes halogenated alkanes) is 1. The second kappa shape index (κ2) is 11.5. The molecule has 0 aliphatic heterocycles. The lowest BCUT2D eigenvalue weighted by atomic mass is 10.2. The molecule has 2 N–H and O–H groups in total. The zero-order valence-electron chi connectivity index (χ0n) is 16.1. The smallest absolute Gasteiger partial charge is 0.191 e. The van der Waals surface area contributed by atoms with Gasteiger partial charge in [0.15, 0.2) is 5.96 Å². The molecule has 1 aromatic carbocycles. The maximum Gasteiger partial charge on any atom is 0.191 e. The van der Waals surface area contributed by atoms with Crippen LogP contribution >= 0.6 is 0 Å². The number of aliphatic imine (C=N–C) groups is 1. The maximum atomic E-state index is 5.89. The molecule has 0 aliphatic carbocycles. The summed E-state index contributed by atoms with van der Waals surface area (Å²) in [4.78, 5) is 4.25. The van der Waals surface area contributed by atoms with Crippen LogP contribution in [-0.4, -0.2) is 46.0 Å². The van der Waals surface area contributed by atoms with Crippen molar-refractivity contribution in [3.05, 3.63) is 36.1 Å². The molecular formula is C20H31N3O3. The van der Waals surface area contributed by atoms with Crippen molar-refractivity contribution in [2.24, 2.45) is 4.99 Å². The summed E-state index contributed by atoms with van der Waals surface area (Å²) in [5.41, 5.74) is 0.897. The molecule has 0 saturated heterocycles. The van der Waals surface area contributed by atoms with E-state index in [1.165, 1.54) is 0 Å². The molecule has 0 aliphatic rings. The molecule has 6 nitrogen and oxygen atoms in total. The molecule has 2 aromatic rings. The van der Waals surface area contributed by atoms with Crippen LogP contribution in [-0.2, 0) is 9.47 Å². The van der Waals surface area contributed by atoms with Gasteiger partial charge in [-0.15, -0.1) is 0 Å². The summed E-state index contributed by atoms with van der Waals surface area (Å²) in [5, 5.41) is 7.69. The normalized spacial score (nSPS) is 13.1. The highest BCUT2D eigenvalue weighted by molar-refractivity contribution is 5.81. The maximum absolute atomic E-state index is 5.89. The van der Waals surface area contributed by atoms with Crippen LogP contribution in [0.3, 0.4) is 0 Å². The Kier molecular flexibility index (Phi) is 9.00. The second-order valence-electron chi connectivity index (χ2n) is 6.13. The Bertz CT molecular complexity index is 636. The predicted molar refractivity (Wildman–Crippen MR) is 106 cm³/mol. The Labute approximate surface area is 156 Å². The number of nitrogens with zero attached hydrogens (tertiary/aromatic N) is 1. The number of guanidine groups is 1. The third-order valence-electron chi connectivity index (χ3n) is 4.00. The van der Waals surface area contributed by atoms with E-state index < -0.39 is 0 Å². The van der Waals surface area contributed by atoms with Gasteiger partial charge in [-0.1, -0.05) is 31.5 Å². The first kappa shape index (κ1) is 20.3. The third-order valence-corrected chi connectivity index (χ3v) is 4.00. The molecule has 2 rings (SSSR count). The first-order valence-corrected chi connectivity index (χ1v) is 9.35. The molecule has 0 saturated carbocycles. The van der Waals surface area contributed by atoms with Crippen LogP contribution in [0.5, 0.6) is 0 Å². The van der Waals surface area contributed by atoms with Crippen molar-refractivity contribution in [1.29, 1.82) is 0 Å². The van der Waals surface area contributed by atoms with Crippen LogP contribution in [0.15, 0.2) is 39.7 Å².